The number of hydrogen-bond acceptors (Lipinski definition) is 4. The molecule has 7 heteroatoms. The van der Waals surface area contributed by atoms with Crippen LogP contribution in [0, 0.1) is 11.3 Å². The summed E-state index contributed by atoms with van der Waals surface area (Å²) in [7, 11) is 0. The van der Waals surface area contributed by atoms with E-state index in [1.54, 1.807) is 30.3 Å². The Balaban J connectivity index is 2.52. The summed E-state index contributed by atoms with van der Waals surface area (Å²) in [5, 5.41) is 10.5. The highest BCUT2D eigenvalue weighted by Gasteiger charge is 2.16. The van der Waals surface area contributed by atoms with E-state index in [1.165, 1.54) is 10.8 Å². The van der Waals surface area contributed by atoms with E-state index < -0.39 is 5.56 Å². The maximum atomic E-state index is 12.6. The second-order valence-corrected chi connectivity index (χ2v) is 5.37. The third kappa shape index (κ3) is 2.19. The van der Waals surface area contributed by atoms with Crippen molar-refractivity contribution in [3.63, 3.8) is 0 Å². The number of nitrogen functional groups attached to an aromatic ring is 1. The highest BCUT2D eigenvalue weighted by molar-refractivity contribution is 6.31. The number of rotatable bonds is 1. The number of nitrogens with two attached hydrogens (primary N) is 1. The van der Waals surface area contributed by atoms with Crippen molar-refractivity contribution in [1.82, 2.24) is 9.55 Å². The highest BCUT2D eigenvalue weighted by atomic mass is 35.5. The Morgan fingerprint density at radius 2 is 2.00 bits per heavy atom. The van der Waals surface area contributed by atoms with Crippen LogP contribution in [0.1, 0.15) is 5.56 Å². The summed E-state index contributed by atoms with van der Waals surface area (Å²) in [6, 6.07) is 9.98. The molecule has 0 bridgehead atoms. The highest BCUT2D eigenvalue weighted by Crippen LogP contribution is 2.27. The third-order valence-corrected chi connectivity index (χ3v) is 3.72. The molecule has 0 spiro atoms. The van der Waals surface area contributed by atoms with Crippen molar-refractivity contribution in [1.29, 1.82) is 5.26 Å². The van der Waals surface area contributed by atoms with Gasteiger partial charge in [-0.1, -0.05) is 23.2 Å². The monoisotopic (exact) mass is 330 g/mol. The van der Waals surface area contributed by atoms with Crippen LogP contribution in [0.4, 0.5) is 5.69 Å². The number of nitrogens with zero attached hydrogens (tertiary/aromatic N) is 3. The zero-order valence-corrected chi connectivity index (χ0v) is 12.6. The fourth-order valence-electron chi connectivity index (χ4n) is 2.25. The lowest BCUT2D eigenvalue weighted by Crippen LogP contribution is -2.23. The van der Waals surface area contributed by atoms with Crippen molar-refractivity contribution in [3.05, 3.63) is 62.6 Å². The van der Waals surface area contributed by atoms with Crippen LogP contribution in [0.15, 0.2) is 41.3 Å². The van der Waals surface area contributed by atoms with Crippen LogP contribution in [0.5, 0.6) is 0 Å². The van der Waals surface area contributed by atoms with Gasteiger partial charge in [0.2, 0.25) is 0 Å². The van der Waals surface area contributed by atoms with Gasteiger partial charge in [0.25, 0.3) is 5.56 Å². The normalized spacial score (nSPS) is 10.6. The number of fused-ring (bicyclic) bond motifs is 1. The molecule has 5 nitrogen and oxygen atoms in total. The molecule has 2 heterocycles. The summed E-state index contributed by atoms with van der Waals surface area (Å²) in [4.78, 5) is 16.6. The van der Waals surface area contributed by atoms with Crippen LogP contribution in [-0.2, 0) is 0 Å². The molecule has 3 rings (SSSR count). The summed E-state index contributed by atoms with van der Waals surface area (Å²) in [5.41, 5.74) is 6.39. The molecule has 3 aromatic rings. The first-order valence-electron chi connectivity index (χ1n) is 6.18. The van der Waals surface area contributed by atoms with Gasteiger partial charge in [0.15, 0.2) is 0 Å². The van der Waals surface area contributed by atoms with E-state index in [0.717, 1.165) is 0 Å². The largest absolute Gasteiger partial charge is 0.397 e. The minimum absolute atomic E-state index is 0.121. The second kappa shape index (κ2) is 5.34. The van der Waals surface area contributed by atoms with Crippen LogP contribution in [0.3, 0.4) is 0 Å². The topological polar surface area (TPSA) is 84.7 Å². The SMILES string of the molecule is N#Cc1c(N)c2ccc(Cl)cc2n(-c2ccc(Cl)nc2)c1=O. The van der Waals surface area contributed by atoms with Crippen molar-refractivity contribution in [2.75, 3.05) is 5.73 Å². The summed E-state index contributed by atoms with van der Waals surface area (Å²) >= 11 is 11.8. The summed E-state index contributed by atoms with van der Waals surface area (Å²) < 4.78 is 1.35. The average molecular weight is 331 g/mol. The van der Waals surface area contributed by atoms with Gasteiger partial charge in [-0.2, -0.15) is 5.26 Å². The quantitative estimate of drug-likeness (QED) is 0.694. The molecule has 0 radical (unpaired) electrons. The number of aromatic nitrogens is 2. The smallest absolute Gasteiger partial charge is 0.275 e. The third-order valence-electron chi connectivity index (χ3n) is 3.26. The van der Waals surface area contributed by atoms with Crippen molar-refractivity contribution < 1.29 is 0 Å². The maximum absolute atomic E-state index is 12.6. The van der Waals surface area contributed by atoms with Crippen molar-refractivity contribution >= 4 is 39.8 Å². The van der Waals surface area contributed by atoms with E-state index >= 15 is 0 Å². The molecule has 1 aromatic carbocycles. The second-order valence-electron chi connectivity index (χ2n) is 4.54. The van der Waals surface area contributed by atoms with Crippen LogP contribution in [0.25, 0.3) is 16.6 Å². The molecule has 0 amide bonds. The summed E-state index contributed by atoms with van der Waals surface area (Å²) in [6.45, 7) is 0. The molecule has 0 saturated heterocycles. The Morgan fingerprint density at radius 3 is 2.64 bits per heavy atom. The zero-order chi connectivity index (χ0) is 15.9. The van der Waals surface area contributed by atoms with Crippen molar-refractivity contribution in [2.24, 2.45) is 0 Å². The minimum Gasteiger partial charge on any atom is -0.397 e. The van der Waals surface area contributed by atoms with Gasteiger partial charge in [-0.25, -0.2) is 4.98 Å². The number of nitriles is 1. The van der Waals surface area contributed by atoms with Gasteiger partial charge in [0, 0.05) is 10.4 Å². The lowest BCUT2D eigenvalue weighted by molar-refractivity contribution is 1.02. The van der Waals surface area contributed by atoms with Crippen molar-refractivity contribution in [2.45, 2.75) is 0 Å². The number of benzene rings is 1. The molecule has 0 aliphatic carbocycles. The van der Waals surface area contributed by atoms with Crippen molar-refractivity contribution in [3.8, 4) is 11.8 Å². The van der Waals surface area contributed by atoms with Gasteiger partial charge >= 0.3 is 0 Å². The summed E-state index contributed by atoms with van der Waals surface area (Å²) in [6.07, 6.45) is 1.45. The molecule has 0 atom stereocenters. The van der Waals surface area contributed by atoms with Gasteiger partial charge in [0.1, 0.15) is 16.8 Å². The van der Waals surface area contributed by atoms with Gasteiger partial charge < -0.3 is 5.73 Å². The molecule has 2 N–H and O–H groups in total. The van der Waals surface area contributed by atoms with Gasteiger partial charge in [-0.05, 0) is 30.3 Å². The van der Waals surface area contributed by atoms with Crippen LogP contribution >= 0.6 is 23.2 Å². The molecule has 0 unspecified atom stereocenters. The Bertz CT molecular complexity index is 988. The van der Waals surface area contributed by atoms with E-state index in [1.807, 2.05) is 6.07 Å². The molecule has 22 heavy (non-hydrogen) atoms. The lowest BCUT2D eigenvalue weighted by Gasteiger charge is -2.13. The molecule has 0 fully saturated rings. The maximum Gasteiger partial charge on any atom is 0.275 e. The first-order chi connectivity index (χ1) is 10.5. The van der Waals surface area contributed by atoms with Gasteiger partial charge in [-0.15, -0.1) is 0 Å². The fourth-order valence-corrected chi connectivity index (χ4v) is 2.53. The molecule has 2 aromatic heterocycles. The average Bonchev–Trinajstić information content (AvgIpc) is 2.49. The fraction of sp³-hybridized carbons (Fsp3) is 0. The summed E-state index contributed by atoms with van der Waals surface area (Å²) in [5.74, 6) is 0. The number of halogens is 2. The molecule has 108 valence electrons. The van der Waals surface area contributed by atoms with E-state index in [0.29, 0.717) is 26.8 Å². The lowest BCUT2D eigenvalue weighted by atomic mass is 10.1. The first-order valence-corrected chi connectivity index (χ1v) is 6.94. The number of hydrogen-bond donors (Lipinski definition) is 1. The Morgan fingerprint density at radius 1 is 1.23 bits per heavy atom. The number of anilines is 1. The molecule has 0 saturated carbocycles. The van der Waals surface area contributed by atoms with Gasteiger partial charge in [0.05, 0.1) is 23.1 Å². The van der Waals surface area contributed by atoms with Gasteiger partial charge in [-0.3, -0.25) is 9.36 Å². The molecular weight excluding hydrogens is 323 g/mol. The van der Waals surface area contributed by atoms with Crippen LogP contribution in [0.2, 0.25) is 10.2 Å². The predicted octanol–water partition coefficient (Wildman–Crippen LogP) is 3.15. The van der Waals surface area contributed by atoms with E-state index in [2.05, 4.69) is 4.98 Å². The Kier molecular flexibility index (Phi) is 3.49. The Hall–Kier alpha value is -2.55. The zero-order valence-electron chi connectivity index (χ0n) is 11.0. The molecule has 0 aliphatic rings. The van der Waals surface area contributed by atoms with E-state index in [-0.39, 0.29) is 11.3 Å². The van der Waals surface area contributed by atoms with E-state index in [9.17, 15) is 10.1 Å². The Labute approximate surface area is 135 Å². The minimum atomic E-state index is -0.529. The molecular formula is C15H8Cl2N4O. The first kappa shape index (κ1) is 14.4. The predicted molar refractivity (Wildman–Crippen MR) is 86.5 cm³/mol. The molecule has 0 aliphatic heterocycles. The standard InChI is InChI=1S/C15H8Cl2N4O/c16-8-1-3-10-12(5-8)21(9-2-4-13(17)20-7-9)15(22)11(6-18)14(10)19/h1-5,7H,19H2. The number of pyridine rings is 2. The van der Waals surface area contributed by atoms with Crippen LogP contribution in [-0.4, -0.2) is 9.55 Å². The van der Waals surface area contributed by atoms with E-state index in [4.69, 9.17) is 28.9 Å². The van der Waals surface area contributed by atoms with Crippen LogP contribution < -0.4 is 11.3 Å².